The summed E-state index contributed by atoms with van der Waals surface area (Å²) in [6, 6.07) is 15.6. The zero-order valence-electron chi connectivity index (χ0n) is 20.3. The van der Waals surface area contributed by atoms with E-state index in [1.165, 1.54) is 28.2 Å². The van der Waals surface area contributed by atoms with Crippen molar-refractivity contribution >= 4 is 22.5 Å². The topological polar surface area (TPSA) is 31.7 Å². The molecule has 2 fully saturated rings. The van der Waals surface area contributed by atoms with Crippen LogP contribution in [0.25, 0.3) is 10.9 Å². The van der Waals surface area contributed by atoms with Gasteiger partial charge in [-0.05, 0) is 63.5 Å². The third kappa shape index (κ3) is 4.31. The highest BCUT2D eigenvalue weighted by atomic mass is 19.1. The molecular formula is C28H35FN4O. The summed E-state index contributed by atoms with van der Waals surface area (Å²) in [5.41, 5.74) is 4.74. The number of hydrogen-bond donors (Lipinski definition) is 0. The van der Waals surface area contributed by atoms with Crippen LogP contribution in [0.5, 0.6) is 0 Å². The number of halogens is 1. The fourth-order valence-corrected chi connectivity index (χ4v) is 5.81. The number of fused-ring (bicyclic) bond motifs is 1. The van der Waals surface area contributed by atoms with Gasteiger partial charge >= 0.3 is 0 Å². The van der Waals surface area contributed by atoms with Crippen molar-refractivity contribution in [1.82, 2.24) is 14.4 Å². The number of nitrogens with zero attached hydrogens (tertiary/aromatic N) is 4. The second-order valence-corrected chi connectivity index (χ2v) is 9.64. The van der Waals surface area contributed by atoms with Crippen molar-refractivity contribution in [2.75, 3.05) is 44.2 Å². The highest BCUT2D eigenvalue weighted by Gasteiger charge is 2.31. The Balaban J connectivity index is 1.16. The van der Waals surface area contributed by atoms with Crippen LogP contribution < -0.4 is 4.90 Å². The Morgan fingerprint density at radius 1 is 0.941 bits per heavy atom. The van der Waals surface area contributed by atoms with Crippen LogP contribution >= 0.6 is 0 Å². The van der Waals surface area contributed by atoms with E-state index in [1.54, 1.807) is 6.07 Å². The van der Waals surface area contributed by atoms with Gasteiger partial charge < -0.3 is 14.4 Å². The minimum atomic E-state index is -0.188. The normalized spacial score (nSPS) is 18.1. The van der Waals surface area contributed by atoms with Gasteiger partial charge in [-0.25, -0.2) is 4.39 Å². The van der Waals surface area contributed by atoms with Crippen LogP contribution in [0.15, 0.2) is 48.5 Å². The first kappa shape index (κ1) is 22.9. The van der Waals surface area contributed by atoms with Gasteiger partial charge in [-0.15, -0.1) is 0 Å². The molecule has 2 saturated heterocycles. The van der Waals surface area contributed by atoms with E-state index in [-0.39, 0.29) is 17.6 Å². The zero-order chi connectivity index (χ0) is 23.7. The number of benzene rings is 2. The van der Waals surface area contributed by atoms with Crippen LogP contribution in [-0.4, -0.2) is 59.5 Å². The Morgan fingerprint density at radius 3 is 2.32 bits per heavy atom. The summed E-state index contributed by atoms with van der Waals surface area (Å²) in [6.07, 6.45) is 1.83. The summed E-state index contributed by atoms with van der Waals surface area (Å²) < 4.78 is 16.5. The van der Waals surface area contributed by atoms with Gasteiger partial charge in [-0.2, -0.15) is 0 Å². The molecule has 3 aromatic rings. The molecule has 2 aliphatic rings. The first-order chi connectivity index (χ1) is 16.6. The van der Waals surface area contributed by atoms with Gasteiger partial charge in [0.1, 0.15) is 5.82 Å². The maximum absolute atomic E-state index is 14.1. The summed E-state index contributed by atoms with van der Waals surface area (Å²) in [6.45, 7) is 11.0. The van der Waals surface area contributed by atoms with Crippen LogP contribution in [0.4, 0.5) is 10.1 Å². The van der Waals surface area contributed by atoms with E-state index in [9.17, 15) is 9.18 Å². The predicted molar refractivity (Wildman–Crippen MR) is 136 cm³/mol. The van der Waals surface area contributed by atoms with Crippen LogP contribution in [0.3, 0.4) is 0 Å². The molecule has 0 aliphatic carbocycles. The van der Waals surface area contributed by atoms with Crippen LogP contribution in [-0.2, 0) is 17.9 Å². The molecule has 2 aromatic carbocycles. The maximum atomic E-state index is 14.1. The number of aryl methyl sites for hydroxylation is 1. The second kappa shape index (κ2) is 9.79. The smallest absolute Gasteiger partial charge is 0.225 e. The van der Waals surface area contributed by atoms with E-state index < -0.39 is 0 Å². The van der Waals surface area contributed by atoms with Crippen molar-refractivity contribution in [3.05, 3.63) is 65.6 Å². The lowest BCUT2D eigenvalue weighted by molar-refractivity contribution is -0.137. The van der Waals surface area contributed by atoms with Gasteiger partial charge in [0.25, 0.3) is 0 Å². The molecule has 5 rings (SSSR count). The number of likely N-dealkylation sites (tertiary alicyclic amines) is 1. The molecule has 0 bridgehead atoms. The molecule has 0 N–H and O–H groups in total. The van der Waals surface area contributed by atoms with Gasteiger partial charge in [0, 0.05) is 61.8 Å². The summed E-state index contributed by atoms with van der Waals surface area (Å²) >= 11 is 0. The van der Waals surface area contributed by atoms with Gasteiger partial charge in [0.2, 0.25) is 5.91 Å². The van der Waals surface area contributed by atoms with Crippen LogP contribution in [0.1, 0.15) is 31.0 Å². The lowest BCUT2D eigenvalue weighted by Gasteiger charge is -2.39. The minimum Gasteiger partial charge on any atom is -0.366 e. The molecule has 0 unspecified atom stereocenters. The lowest BCUT2D eigenvalue weighted by Crippen LogP contribution is -2.51. The Morgan fingerprint density at radius 2 is 1.62 bits per heavy atom. The lowest BCUT2D eigenvalue weighted by atomic mass is 9.94. The highest BCUT2D eigenvalue weighted by molar-refractivity contribution is 5.85. The van der Waals surface area contributed by atoms with Crippen molar-refractivity contribution in [2.45, 2.75) is 39.8 Å². The quantitative estimate of drug-likeness (QED) is 0.552. The third-order valence-corrected chi connectivity index (χ3v) is 7.78. The number of anilines is 1. The first-order valence-electron chi connectivity index (χ1n) is 12.6. The van der Waals surface area contributed by atoms with Crippen molar-refractivity contribution in [1.29, 1.82) is 0 Å². The number of rotatable bonds is 5. The molecule has 0 atom stereocenters. The number of carbonyl (C=O) groups excluding carboxylic acids is 1. The van der Waals surface area contributed by atoms with E-state index in [0.29, 0.717) is 31.9 Å². The molecule has 0 spiro atoms. The molecule has 5 nitrogen and oxygen atoms in total. The first-order valence-corrected chi connectivity index (χ1v) is 12.6. The van der Waals surface area contributed by atoms with E-state index >= 15 is 0 Å². The third-order valence-electron chi connectivity index (χ3n) is 7.78. The van der Waals surface area contributed by atoms with Crippen molar-refractivity contribution in [3.8, 4) is 0 Å². The molecule has 1 amide bonds. The minimum absolute atomic E-state index is 0.106. The number of para-hydroxylation sites is 2. The Labute approximate surface area is 201 Å². The van der Waals surface area contributed by atoms with Gasteiger partial charge in [0.15, 0.2) is 0 Å². The number of hydrogen-bond acceptors (Lipinski definition) is 3. The number of piperidine rings is 1. The van der Waals surface area contributed by atoms with Crippen molar-refractivity contribution < 1.29 is 9.18 Å². The zero-order valence-corrected chi connectivity index (χ0v) is 20.3. The SMILES string of the molecule is CCn1c(C)c(CN2CCC(C(=O)N3CCN(c4ccccc4F)CC3)CC2)c2ccccc21. The molecule has 1 aromatic heterocycles. The van der Waals surface area contributed by atoms with E-state index in [4.69, 9.17) is 0 Å². The van der Waals surface area contributed by atoms with E-state index in [1.807, 2.05) is 17.0 Å². The molecule has 180 valence electrons. The molecular weight excluding hydrogens is 427 g/mol. The van der Waals surface area contributed by atoms with Crippen LogP contribution in [0.2, 0.25) is 0 Å². The second-order valence-electron chi connectivity index (χ2n) is 9.64. The van der Waals surface area contributed by atoms with E-state index in [2.05, 4.69) is 52.5 Å². The van der Waals surface area contributed by atoms with Gasteiger partial charge in [-0.1, -0.05) is 30.3 Å². The molecule has 2 aliphatic heterocycles. The molecule has 34 heavy (non-hydrogen) atoms. The summed E-state index contributed by atoms with van der Waals surface area (Å²) in [5, 5.41) is 1.35. The summed E-state index contributed by atoms with van der Waals surface area (Å²) in [5.74, 6) is 0.202. The Hall–Kier alpha value is -2.86. The monoisotopic (exact) mass is 462 g/mol. The number of carbonyl (C=O) groups is 1. The fourth-order valence-electron chi connectivity index (χ4n) is 5.81. The largest absolute Gasteiger partial charge is 0.366 e. The summed E-state index contributed by atoms with van der Waals surface area (Å²) in [7, 11) is 0. The number of aromatic nitrogens is 1. The van der Waals surface area contributed by atoms with Crippen molar-refractivity contribution in [3.63, 3.8) is 0 Å². The predicted octanol–water partition coefficient (Wildman–Crippen LogP) is 4.67. The number of amides is 1. The van der Waals surface area contributed by atoms with Gasteiger partial charge in [-0.3, -0.25) is 9.69 Å². The molecule has 3 heterocycles. The molecule has 0 radical (unpaired) electrons. The van der Waals surface area contributed by atoms with Gasteiger partial charge in [0.05, 0.1) is 5.69 Å². The van der Waals surface area contributed by atoms with Crippen LogP contribution in [0, 0.1) is 18.7 Å². The maximum Gasteiger partial charge on any atom is 0.225 e. The Kier molecular flexibility index (Phi) is 6.59. The highest BCUT2D eigenvalue weighted by Crippen LogP contribution is 2.29. The molecule has 0 saturated carbocycles. The average Bonchev–Trinajstić information content (AvgIpc) is 3.15. The van der Waals surface area contributed by atoms with Crippen molar-refractivity contribution in [2.24, 2.45) is 5.92 Å². The number of piperazine rings is 1. The average molecular weight is 463 g/mol. The Bertz CT molecular complexity index is 1160. The van der Waals surface area contributed by atoms with E-state index in [0.717, 1.165) is 39.0 Å². The summed E-state index contributed by atoms with van der Waals surface area (Å²) in [4.78, 5) is 19.8. The molecule has 6 heteroatoms. The standard InChI is InChI=1S/C28H35FN4O/c1-3-33-21(2)24(23-8-4-6-10-26(23)33)20-30-14-12-22(13-15-30)28(34)32-18-16-31(17-19-32)27-11-7-5-9-25(27)29/h4-11,22H,3,12-20H2,1-2H3. The fraction of sp³-hybridized carbons (Fsp3) is 0.464.